The topological polar surface area (TPSA) is 95.4 Å². The van der Waals surface area contributed by atoms with Crippen molar-refractivity contribution in [2.75, 3.05) is 13.7 Å². The molecule has 3 aromatic rings. The number of methoxy groups -OCH3 is 1. The van der Waals surface area contributed by atoms with Crippen molar-refractivity contribution in [2.24, 2.45) is 5.73 Å². The molecule has 0 radical (unpaired) electrons. The van der Waals surface area contributed by atoms with Crippen molar-refractivity contribution in [3.63, 3.8) is 0 Å². The molecule has 2 aromatic heterocycles. The van der Waals surface area contributed by atoms with Gasteiger partial charge in [-0.1, -0.05) is 11.3 Å². The van der Waals surface area contributed by atoms with E-state index in [9.17, 15) is 4.79 Å². The molecule has 2 heterocycles. The lowest BCUT2D eigenvalue weighted by molar-refractivity contribution is 0.412. The van der Waals surface area contributed by atoms with E-state index in [1.54, 1.807) is 13.2 Å². The van der Waals surface area contributed by atoms with E-state index in [1.165, 1.54) is 15.9 Å². The summed E-state index contributed by atoms with van der Waals surface area (Å²) in [5.41, 5.74) is 7.12. The predicted molar refractivity (Wildman–Crippen MR) is 84.4 cm³/mol. The van der Waals surface area contributed by atoms with E-state index < -0.39 is 0 Å². The maximum absolute atomic E-state index is 12.6. The van der Waals surface area contributed by atoms with Gasteiger partial charge in [0.05, 0.1) is 7.11 Å². The summed E-state index contributed by atoms with van der Waals surface area (Å²) in [5, 5.41) is 13.2. The van der Waals surface area contributed by atoms with E-state index in [2.05, 4.69) is 15.3 Å². The smallest absolute Gasteiger partial charge is 0.302 e. The molecule has 0 aliphatic heterocycles. The van der Waals surface area contributed by atoms with Crippen LogP contribution < -0.4 is 16.0 Å². The monoisotopic (exact) mass is 317 g/mol. The van der Waals surface area contributed by atoms with Crippen LogP contribution in [0.3, 0.4) is 0 Å². The first-order valence-electron chi connectivity index (χ1n) is 6.74. The highest BCUT2D eigenvalue weighted by atomic mass is 32.1. The molecule has 1 aromatic carbocycles. The van der Waals surface area contributed by atoms with Crippen molar-refractivity contribution in [2.45, 2.75) is 13.3 Å². The average molecular weight is 317 g/mol. The normalized spacial score (nSPS) is 11.0. The first-order valence-corrected chi connectivity index (χ1v) is 7.56. The number of hydrogen-bond acceptors (Lipinski definition) is 7. The highest BCUT2D eigenvalue weighted by molar-refractivity contribution is 7.16. The van der Waals surface area contributed by atoms with E-state index in [0.29, 0.717) is 23.5 Å². The summed E-state index contributed by atoms with van der Waals surface area (Å²) in [6.07, 6.45) is 0.616. The number of hydrogen-bond donors (Lipinski definition) is 1. The molecule has 2 N–H and O–H groups in total. The van der Waals surface area contributed by atoms with E-state index >= 15 is 0 Å². The largest absolute Gasteiger partial charge is 0.496 e. The summed E-state index contributed by atoms with van der Waals surface area (Å²) < 4.78 is 6.51. The van der Waals surface area contributed by atoms with Crippen LogP contribution in [0.4, 0.5) is 0 Å². The second kappa shape index (κ2) is 5.82. The fourth-order valence-corrected chi connectivity index (χ4v) is 3.03. The summed E-state index contributed by atoms with van der Waals surface area (Å²) in [4.78, 5) is 13.0. The van der Waals surface area contributed by atoms with Crippen molar-refractivity contribution in [3.05, 3.63) is 39.1 Å². The van der Waals surface area contributed by atoms with Crippen molar-refractivity contribution < 1.29 is 4.74 Å². The van der Waals surface area contributed by atoms with Crippen LogP contribution in [-0.2, 0) is 6.42 Å². The lowest BCUT2D eigenvalue weighted by Crippen LogP contribution is -2.19. The van der Waals surface area contributed by atoms with Gasteiger partial charge in [-0.05, 0) is 37.2 Å². The average Bonchev–Trinajstić information content (AvgIpc) is 2.92. The van der Waals surface area contributed by atoms with Crippen LogP contribution in [0, 0.1) is 6.92 Å². The SMILES string of the molecule is COc1ccc(-c2nnc3sc(CCN)nn3c2=O)cc1C. The molecule has 0 aliphatic carbocycles. The van der Waals surface area contributed by atoms with Crippen LogP contribution in [-0.4, -0.2) is 33.5 Å². The first-order chi connectivity index (χ1) is 10.6. The van der Waals surface area contributed by atoms with Gasteiger partial charge >= 0.3 is 5.56 Å². The Kier molecular flexibility index (Phi) is 3.86. The Hall–Kier alpha value is -2.32. The molecule has 0 spiro atoms. The molecule has 0 amide bonds. The summed E-state index contributed by atoms with van der Waals surface area (Å²) in [5.74, 6) is 0.761. The van der Waals surface area contributed by atoms with Gasteiger partial charge in [-0.3, -0.25) is 4.79 Å². The number of aromatic nitrogens is 4. The van der Waals surface area contributed by atoms with E-state index in [4.69, 9.17) is 10.5 Å². The molecule has 0 saturated heterocycles. The first kappa shape index (κ1) is 14.6. The maximum atomic E-state index is 12.6. The minimum atomic E-state index is -0.283. The van der Waals surface area contributed by atoms with E-state index in [1.807, 2.05) is 19.1 Å². The van der Waals surface area contributed by atoms with Crippen LogP contribution in [0.5, 0.6) is 5.75 Å². The highest BCUT2D eigenvalue weighted by Crippen LogP contribution is 2.23. The predicted octanol–water partition coefficient (Wildman–Crippen LogP) is 1.03. The van der Waals surface area contributed by atoms with Gasteiger partial charge in [-0.2, -0.15) is 9.61 Å². The van der Waals surface area contributed by atoms with Gasteiger partial charge in [0.2, 0.25) is 4.96 Å². The minimum absolute atomic E-state index is 0.271. The Morgan fingerprint density at radius 3 is 2.86 bits per heavy atom. The van der Waals surface area contributed by atoms with Gasteiger partial charge in [0.15, 0.2) is 5.69 Å². The molecule has 7 nitrogen and oxygen atoms in total. The van der Waals surface area contributed by atoms with Crippen LogP contribution in [0.15, 0.2) is 23.0 Å². The second-order valence-corrected chi connectivity index (χ2v) is 5.81. The Morgan fingerprint density at radius 1 is 1.36 bits per heavy atom. The van der Waals surface area contributed by atoms with Gasteiger partial charge < -0.3 is 10.5 Å². The van der Waals surface area contributed by atoms with Crippen molar-refractivity contribution in [1.82, 2.24) is 19.8 Å². The molecule has 0 fully saturated rings. The molecular weight excluding hydrogens is 302 g/mol. The fraction of sp³-hybridized carbons (Fsp3) is 0.286. The number of ether oxygens (including phenoxy) is 1. The summed E-state index contributed by atoms with van der Waals surface area (Å²) in [7, 11) is 1.61. The van der Waals surface area contributed by atoms with Crippen molar-refractivity contribution in [3.8, 4) is 17.0 Å². The Labute approximate surface area is 130 Å². The van der Waals surface area contributed by atoms with Crippen LogP contribution in [0.25, 0.3) is 16.2 Å². The van der Waals surface area contributed by atoms with Crippen LogP contribution in [0.1, 0.15) is 10.6 Å². The third kappa shape index (κ3) is 2.46. The lowest BCUT2D eigenvalue weighted by Gasteiger charge is -2.06. The minimum Gasteiger partial charge on any atom is -0.496 e. The molecule has 0 saturated carbocycles. The molecule has 0 atom stereocenters. The van der Waals surface area contributed by atoms with Gasteiger partial charge in [0, 0.05) is 12.0 Å². The van der Waals surface area contributed by atoms with Crippen LogP contribution in [0.2, 0.25) is 0 Å². The van der Waals surface area contributed by atoms with Gasteiger partial charge in [-0.15, -0.1) is 10.2 Å². The maximum Gasteiger partial charge on any atom is 0.302 e. The number of nitrogens with two attached hydrogens (primary N) is 1. The zero-order valence-corrected chi connectivity index (χ0v) is 13.1. The number of nitrogens with zero attached hydrogens (tertiary/aromatic N) is 4. The molecule has 0 aliphatic rings. The molecule has 114 valence electrons. The van der Waals surface area contributed by atoms with Gasteiger partial charge in [0.1, 0.15) is 10.8 Å². The van der Waals surface area contributed by atoms with Crippen molar-refractivity contribution in [1.29, 1.82) is 0 Å². The zero-order valence-electron chi connectivity index (χ0n) is 12.2. The van der Waals surface area contributed by atoms with Gasteiger partial charge in [-0.25, -0.2) is 0 Å². The Balaban J connectivity index is 2.13. The molecule has 0 bridgehead atoms. The highest BCUT2D eigenvalue weighted by Gasteiger charge is 2.14. The second-order valence-electron chi connectivity index (χ2n) is 4.77. The summed E-state index contributed by atoms with van der Waals surface area (Å²) in [6, 6.07) is 5.45. The number of rotatable bonds is 4. The standard InChI is InChI=1S/C14H15N5O2S/c1-8-7-9(3-4-10(8)21-2)12-13(20)19-14(17-16-12)22-11(18-19)5-6-15/h3-4,7H,5-6,15H2,1-2H3. The number of aryl methyl sites for hydroxylation is 1. The molecule has 8 heteroatoms. The molecule has 22 heavy (non-hydrogen) atoms. The quantitative estimate of drug-likeness (QED) is 0.772. The van der Waals surface area contributed by atoms with Crippen molar-refractivity contribution >= 4 is 16.3 Å². The molecular formula is C14H15N5O2S. The Bertz CT molecular complexity index is 887. The molecule has 3 rings (SSSR count). The van der Waals surface area contributed by atoms with E-state index in [-0.39, 0.29) is 11.3 Å². The van der Waals surface area contributed by atoms with E-state index in [0.717, 1.165) is 16.3 Å². The summed E-state index contributed by atoms with van der Waals surface area (Å²) >= 11 is 1.33. The third-order valence-corrected chi connectivity index (χ3v) is 4.22. The number of fused-ring (bicyclic) bond motifs is 1. The zero-order chi connectivity index (χ0) is 15.7. The lowest BCUT2D eigenvalue weighted by atomic mass is 10.1. The van der Waals surface area contributed by atoms with Crippen LogP contribution >= 0.6 is 11.3 Å². The van der Waals surface area contributed by atoms with Gasteiger partial charge in [0.25, 0.3) is 0 Å². The third-order valence-electron chi connectivity index (χ3n) is 3.26. The number of benzene rings is 1. The fourth-order valence-electron chi connectivity index (χ4n) is 2.19. The molecule has 0 unspecified atom stereocenters. The summed E-state index contributed by atoms with van der Waals surface area (Å²) in [6.45, 7) is 2.39. The Morgan fingerprint density at radius 2 is 2.18 bits per heavy atom.